The third-order valence-corrected chi connectivity index (χ3v) is 4.21. The van der Waals surface area contributed by atoms with E-state index < -0.39 is 0 Å². The van der Waals surface area contributed by atoms with Gasteiger partial charge >= 0.3 is 0 Å². The summed E-state index contributed by atoms with van der Waals surface area (Å²) in [6.07, 6.45) is 9.86. The Morgan fingerprint density at radius 3 is 3.05 bits per heavy atom. The number of likely N-dealkylation sites (N-methyl/N-ethyl adjacent to an activating group) is 1. The first-order valence-electron chi connectivity index (χ1n) is 7.45. The molecule has 0 fully saturated rings. The molecule has 1 aliphatic heterocycles. The van der Waals surface area contributed by atoms with E-state index in [-0.39, 0.29) is 11.9 Å². The lowest BCUT2D eigenvalue weighted by molar-refractivity contribution is -0.131. The first-order chi connectivity index (χ1) is 9.75. The van der Waals surface area contributed by atoms with Gasteiger partial charge in [0.25, 0.3) is 0 Å². The van der Waals surface area contributed by atoms with Gasteiger partial charge in [-0.05, 0) is 31.2 Å². The number of hydrogen-bond acceptors (Lipinski definition) is 3. The summed E-state index contributed by atoms with van der Waals surface area (Å²) >= 11 is 0. The van der Waals surface area contributed by atoms with E-state index in [9.17, 15) is 4.79 Å². The molecule has 5 nitrogen and oxygen atoms in total. The van der Waals surface area contributed by atoms with Crippen LogP contribution in [0.5, 0.6) is 0 Å². The van der Waals surface area contributed by atoms with Crippen LogP contribution in [0.2, 0.25) is 0 Å². The van der Waals surface area contributed by atoms with Crippen molar-refractivity contribution in [3.63, 3.8) is 0 Å². The highest BCUT2D eigenvalue weighted by Crippen LogP contribution is 2.22. The highest BCUT2D eigenvalue weighted by molar-refractivity contribution is 5.84. The average Bonchev–Trinajstić information content (AvgIpc) is 3.04. The molecule has 1 amide bonds. The molecule has 1 atom stereocenters. The normalized spacial score (nSPS) is 21.6. The number of nitrogens with zero attached hydrogens (tertiary/aromatic N) is 2. The van der Waals surface area contributed by atoms with Gasteiger partial charge in [-0.15, -0.1) is 0 Å². The lowest BCUT2D eigenvalue weighted by Gasteiger charge is -2.20. The van der Waals surface area contributed by atoms with Crippen molar-refractivity contribution in [3.05, 3.63) is 29.1 Å². The topological polar surface area (TPSA) is 61.0 Å². The Kier molecular flexibility index (Phi) is 3.87. The van der Waals surface area contributed by atoms with Gasteiger partial charge in [-0.25, -0.2) is 0 Å². The smallest absolute Gasteiger partial charge is 0.243 e. The van der Waals surface area contributed by atoms with E-state index in [1.54, 1.807) is 4.90 Å². The number of aromatic amines is 1. The number of aromatic nitrogens is 2. The summed E-state index contributed by atoms with van der Waals surface area (Å²) in [5.41, 5.74) is 3.66. The van der Waals surface area contributed by atoms with Gasteiger partial charge in [-0.3, -0.25) is 15.2 Å². The summed E-state index contributed by atoms with van der Waals surface area (Å²) < 4.78 is 0. The number of hydrogen-bond donors (Lipinski definition) is 2. The summed E-state index contributed by atoms with van der Waals surface area (Å²) in [4.78, 5) is 14.1. The van der Waals surface area contributed by atoms with E-state index in [1.165, 1.54) is 30.5 Å². The predicted molar refractivity (Wildman–Crippen MR) is 77.3 cm³/mol. The molecule has 5 heteroatoms. The van der Waals surface area contributed by atoms with Crippen molar-refractivity contribution in [2.75, 3.05) is 13.6 Å². The second kappa shape index (κ2) is 5.79. The predicted octanol–water partition coefficient (Wildman–Crippen LogP) is 1.16. The number of nitrogens with one attached hydrogen (secondary N) is 2. The molecule has 1 aromatic heterocycles. The number of H-pyrrole nitrogens is 1. The van der Waals surface area contributed by atoms with Gasteiger partial charge in [0, 0.05) is 19.3 Å². The number of fused-ring (bicyclic) bond motifs is 1. The van der Waals surface area contributed by atoms with Crippen LogP contribution >= 0.6 is 0 Å². The van der Waals surface area contributed by atoms with Crippen molar-refractivity contribution in [1.29, 1.82) is 0 Å². The van der Waals surface area contributed by atoms with E-state index in [0.717, 1.165) is 25.1 Å². The zero-order chi connectivity index (χ0) is 13.9. The summed E-state index contributed by atoms with van der Waals surface area (Å²) in [7, 11) is 1.86. The molecule has 1 aliphatic carbocycles. The SMILES string of the molecule is CN(Cc1n[nH]c2c1CCCCC2)C(=O)[C@H]1C=CCN1. The highest BCUT2D eigenvalue weighted by Gasteiger charge is 2.23. The fraction of sp³-hybridized carbons (Fsp3) is 0.600. The summed E-state index contributed by atoms with van der Waals surface area (Å²) in [6, 6.07) is -0.169. The summed E-state index contributed by atoms with van der Waals surface area (Å²) in [6.45, 7) is 1.37. The van der Waals surface area contributed by atoms with Gasteiger partial charge in [-0.1, -0.05) is 18.6 Å². The van der Waals surface area contributed by atoms with Gasteiger partial charge in [0.2, 0.25) is 5.91 Å². The van der Waals surface area contributed by atoms with Crippen LogP contribution in [0.15, 0.2) is 12.2 Å². The van der Waals surface area contributed by atoms with E-state index >= 15 is 0 Å². The fourth-order valence-electron chi connectivity index (χ4n) is 3.03. The largest absolute Gasteiger partial charge is 0.338 e. The van der Waals surface area contributed by atoms with Crippen LogP contribution in [0, 0.1) is 0 Å². The molecule has 2 aliphatic rings. The second-order valence-electron chi connectivity index (χ2n) is 5.70. The number of carbonyl (C=O) groups excluding carboxylic acids is 1. The van der Waals surface area contributed by atoms with Crippen LogP contribution < -0.4 is 5.32 Å². The Bertz CT molecular complexity index is 520. The molecule has 0 aromatic carbocycles. The quantitative estimate of drug-likeness (QED) is 0.642. The van der Waals surface area contributed by atoms with Gasteiger partial charge in [0.15, 0.2) is 0 Å². The molecule has 2 N–H and O–H groups in total. The van der Waals surface area contributed by atoms with Gasteiger partial charge in [0.05, 0.1) is 12.2 Å². The maximum Gasteiger partial charge on any atom is 0.243 e. The maximum absolute atomic E-state index is 12.3. The van der Waals surface area contributed by atoms with Crippen molar-refractivity contribution in [3.8, 4) is 0 Å². The first-order valence-corrected chi connectivity index (χ1v) is 7.45. The van der Waals surface area contributed by atoms with E-state index in [2.05, 4.69) is 15.5 Å². The Morgan fingerprint density at radius 1 is 1.40 bits per heavy atom. The van der Waals surface area contributed by atoms with Crippen LogP contribution in [0.1, 0.15) is 36.2 Å². The molecule has 0 saturated heterocycles. The second-order valence-corrected chi connectivity index (χ2v) is 5.70. The molecule has 3 rings (SSSR count). The average molecular weight is 274 g/mol. The minimum Gasteiger partial charge on any atom is -0.338 e. The lowest BCUT2D eigenvalue weighted by atomic mass is 10.1. The van der Waals surface area contributed by atoms with Crippen LogP contribution in [-0.2, 0) is 24.2 Å². The van der Waals surface area contributed by atoms with Crippen LogP contribution in [-0.4, -0.2) is 40.6 Å². The van der Waals surface area contributed by atoms with E-state index in [4.69, 9.17) is 0 Å². The molecule has 0 saturated carbocycles. The number of aryl methyl sites for hydroxylation is 1. The minimum absolute atomic E-state index is 0.115. The molecule has 1 aromatic rings. The third kappa shape index (κ3) is 2.63. The minimum atomic E-state index is -0.169. The molecule has 108 valence electrons. The van der Waals surface area contributed by atoms with Crippen molar-refractivity contribution >= 4 is 5.91 Å². The molecular weight excluding hydrogens is 252 g/mol. The standard InChI is InChI=1S/C15H22N4O/c1-19(15(20)13-8-5-9-16-13)10-14-11-6-3-2-4-7-12(11)17-18-14/h5,8,13,16H,2-4,6-7,9-10H2,1H3,(H,17,18)/t13-/m1/s1. The van der Waals surface area contributed by atoms with Crippen LogP contribution in [0.25, 0.3) is 0 Å². The molecular formula is C15H22N4O. The number of rotatable bonds is 3. The zero-order valence-corrected chi connectivity index (χ0v) is 12.0. The molecule has 0 bridgehead atoms. The van der Waals surface area contributed by atoms with Crippen molar-refractivity contribution < 1.29 is 4.79 Å². The monoisotopic (exact) mass is 274 g/mol. The summed E-state index contributed by atoms with van der Waals surface area (Å²) in [5.74, 6) is 0.115. The Labute approximate surface area is 119 Å². The maximum atomic E-state index is 12.3. The van der Waals surface area contributed by atoms with Gasteiger partial charge in [0.1, 0.15) is 6.04 Å². The number of carbonyl (C=O) groups is 1. The Morgan fingerprint density at radius 2 is 2.25 bits per heavy atom. The summed E-state index contributed by atoms with van der Waals surface area (Å²) in [5, 5.41) is 10.8. The molecule has 0 unspecified atom stereocenters. The first kappa shape index (κ1) is 13.4. The Hall–Kier alpha value is -1.62. The van der Waals surface area contributed by atoms with Gasteiger partial charge in [-0.2, -0.15) is 5.10 Å². The van der Waals surface area contributed by atoms with Crippen molar-refractivity contribution in [1.82, 2.24) is 20.4 Å². The van der Waals surface area contributed by atoms with E-state index in [1.807, 2.05) is 19.2 Å². The Balaban J connectivity index is 1.69. The van der Waals surface area contributed by atoms with Gasteiger partial charge < -0.3 is 4.90 Å². The van der Waals surface area contributed by atoms with Crippen molar-refractivity contribution in [2.45, 2.75) is 44.7 Å². The van der Waals surface area contributed by atoms with E-state index in [0.29, 0.717) is 6.54 Å². The van der Waals surface area contributed by atoms with Crippen LogP contribution in [0.3, 0.4) is 0 Å². The van der Waals surface area contributed by atoms with Crippen LogP contribution in [0.4, 0.5) is 0 Å². The third-order valence-electron chi connectivity index (χ3n) is 4.21. The molecule has 20 heavy (non-hydrogen) atoms. The number of amides is 1. The zero-order valence-electron chi connectivity index (χ0n) is 12.0. The fourth-order valence-corrected chi connectivity index (χ4v) is 3.03. The molecule has 2 heterocycles. The van der Waals surface area contributed by atoms with Crippen molar-refractivity contribution in [2.24, 2.45) is 0 Å². The molecule has 0 spiro atoms. The highest BCUT2D eigenvalue weighted by atomic mass is 16.2. The molecule has 0 radical (unpaired) electrons. The lowest BCUT2D eigenvalue weighted by Crippen LogP contribution is -2.41.